The summed E-state index contributed by atoms with van der Waals surface area (Å²) in [4.78, 5) is 2.34. The molecule has 0 aliphatic rings. The number of allylic oxidation sites excluding steroid dienone is 1. The van der Waals surface area contributed by atoms with Crippen molar-refractivity contribution in [3.05, 3.63) is 36.4 Å². The highest BCUT2D eigenvalue weighted by Gasteiger charge is 2.02. The van der Waals surface area contributed by atoms with Crippen LogP contribution in [-0.4, -0.2) is 13.1 Å². The molecule has 0 aliphatic heterocycles. The molecule has 0 radical (unpaired) electrons. The van der Waals surface area contributed by atoms with Gasteiger partial charge in [0.2, 0.25) is 0 Å². The van der Waals surface area contributed by atoms with Crippen molar-refractivity contribution in [1.29, 1.82) is 0 Å². The van der Waals surface area contributed by atoms with E-state index in [-0.39, 0.29) is 0 Å². The molecule has 0 bridgehead atoms. The lowest BCUT2D eigenvalue weighted by Gasteiger charge is -2.21. The molecule has 0 fully saturated rings. The van der Waals surface area contributed by atoms with Gasteiger partial charge in [0.1, 0.15) is 0 Å². The number of rotatable bonds is 4. The van der Waals surface area contributed by atoms with Crippen LogP contribution in [0.4, 0.5) is 5.69 Å². The third kappa shape index (κ3) is 2.38. The van der Waals surface area contributed by atoms with E-state index in [1.54, 1.807) is 0 Å². The third-order valence-corrected chi connectivity index (χ3v) is 2.47. The van der Waals surface area contributed by atoms with Crippen molar-refractivity contribution >= 4 is 11.3 Å². The molecule has 1 nitrogen and oxygen atoms in total. The molecule has 0 aromatic heterocycles. The van der Waals surface area contributed by atoms with Crippen molar-refractivity contribution < 1.29 is 0 Å². The minimum atomic E-state index is 1.05. The lowest BCUT2D eigenvalue weighted by molar-refractivity contribution is 0.866. The van der Waals surface area contributed by atoms with E-state index in [9.17, 15) is 0 Å². The molecule has 1 aromatic rings. The molecule has 0 N–H and O–H groups in total. The Hall–Kier alpha value is -1.24. The second-order valence-corrected chi connectivity index (χ2v) is 3.50. The second kappa shape index (κ2) is 4.85. The highest BCUT2D eigenvalue weighted by atomic mass is 15.1. The smallest absolute Gasteiger partial charge is 0.0372 e. The van der Waals surface area contributed by atoms with Crippen molar-refractivity contribution in [1.82, 2.24) is 0 Å². The maximum Gasteiger partial charge on any atom is 0.0372 e. The summed E-state index contributed by atoms with van der Waals surface area (Å²) in [6.07, 6.45) is 0. The zero-order chi connectivity index (χ0) is 10.6. The fourth-order valence-electron chi connectivity index (χ4n) is 1.56. The average molecular weight is 189 g/mol. The van der Waals surface area contributed by atoms with Gasteiger partial charge in [-0.25, -0.2) is 0 Å². The van der Waals surface area contributed by atoms with E-state index in [1.165, 1.54) is 11.3 Å². The van der Waals surface area contributed by atoms with Gasteiger partial charge in [-0.3, -0.25) is 0 Å². The van der Waals surface area contributed by atoms with Gasteiger partial charge in [0.25, 0.3) is 0 Å². The molecule has 1 rings (SSSR count). The highest BCUT2D eigenvalue weighted by Crippen LogP contribution is 2.19. The Bertz CT molecular complexity index is 311. The van der Waals surface area contributed by atoms with Crippen LogP contribution < -0.4 is 4.90 Å². The van der Waals surface area contributed by atoms with Gasteiger partial charge in [-0.05, 0) is 38.5 Å². The second-order valence-electron chi connectivity index (χ2n) is 3.50. The van der Waals surface area contributed by atoms with Gasteiger partial charge >= 0.3 is 0 Å². The molecule has 76 valence electrons. The first-order valence-electron chi connectivity index (χ1n) is 5.20. The molecular weight excluding hydrogens is 170 g/mol. The fourth-order valence-corrected chi connectivity index (χ4v) is 1.56. The molecule has 0 unspecified atom stereocenters. The molecule has 0 atom stereocenters. The van der Waals surface area contributed by atoms with Gasteiger partial charge in [0, 0.05) is 18.8 Å². The van der Waals surface area contributed by atoms with Crippen molar-refractivity contribution in [3.8, 4) is 0 Å². The molecule has 0 saturated carbocycles. The van der Waals surface area contributed by atoms with Crippen molar-refractivity contribution in [3.63, 3.8) is 0 Å². The number of hydrogen-bond donors (Lipinski definition) is 0. The zero-order valence-corrected chi connectivity index (χ0v) is 9.38. The maximum atomic E-state index is 3.96. The first-order valence-corrected chi connectivity index (χ1v) is 5.20. The van der Waals surface area contributed by atoms with E-state index in [4.69, 9.17) is 0 Å². The van der Waals surface area contributed by atoms with Crippen molar-refractivity contribution in [2.24, 2.45) is 0 Å². The molecule has 0 amide bonds. The number of hydrogen-bond acceptors (Lipinski definition) is 1. The predicted molar refractivity (Wildman–Crippen MR) is 64.7 cm³/mol. The van der Waals surface area contributed by atoms with Crippen molar-refractivity contribution in [2.75, 3.05) is 18.0 Å². The maximum absolute atomic E-state index is 3.96. The highest BCUT2D eigenvalue weighted by molar-refractivity contribution is 5.65. The number of benzene rings is 1. The van der Waals surface area contributed by atoms with Crippen molar-refractivity contribution in [2.45, 2.75) is 20.8 Å². The first kappa shape index (κ1) is 10.8. The van der Waals surface area contributed by atoms with Crippen LogP contribution in [0.2, 0.25) is 0 Å². The van der Waals surface area contributed by atoms with Crippen LogP contribution in [0, 0.1) is 0 Å². The Labute approximate surface area is 87.1 Å². The lowest BCUT2D eigenvalue weighted by atomic mass is 10.1. The molecule has 1 aromatic carbocycles. The van der Waals surface area contributed by atoms with E-state index in [0.717, 1.165) is 18.7 Å². The molecule has 14 heavy (non-hydrogen) atoms. The van der Waals surface area contributed by atoms with E-state index in [1.807, 2.05) is 6.92 Å². The van der Waals surface area contributed by atoms with Crippen LogP contribution >= 0.6 is 0 Å². The topological polar surface area (TPSA) is 3.24 Å². The number of nitrogens with zero attached hydrogens (tertiary/aromatic N) is 1. The Morgan fingerprint density at radius 3 is 2.43 bits per heavy atom. The summed E-state index contributed by atoms with van der Waals surface area (Å²) in [7, 11) is 0. The largest absolute Gasteiger partial charge is 0.372 e. The minimum absolute atomic E-state index is 1.05. The Morgan fingerprint density at radius 2 is 1.93 bits per heavy atom. The van der Waals surface area contributed by atoms with Gasteiger partial charge < -0.3 is 4.90 Å². The quantitative estimate of drug-likeness (QED) is 0.700. The van der Waals surface area contributed by atoms with Gasteiger partial charge in [0.15, 0.2) is 0 Å². The minimum Gasteiger partial charge on any atom is -0.372 e. The van der Waals surface area contributed by atoms with Crippen LogP contribution in [0.15, 0.2) is 30.8 Å². The van der Waals surface area contributed by atoms with Crippen LogP contribution in [0.5, 0.6) is 0 Å². The molecule has 0 heterocycles. The molecule has 0 saturated heterocycles. The summed E-state index contributed by atoms with van der Waals surface area (Å²) in [5.41, 5.74) is 3.64. The van der Waals surface area contributed by atoms with E-state index < -0.39 is 0 Å². The van der Waals surface area contributed by atoms with E-state index >= 15 is 0 Å². The average Bonchev–Trinajstić information content (AvgIpc) is 2.20. The van der Waals surface area contributed by atoms with Crippen LogP contribution in [0.1, 0.15) is 26.3 Å². The normalized spacial score (nSPS) is 9.93. The molecule has 1 heteroatoms. The van der Waals surface area contributed by atoms with Gasteiger partial charge in [-0.2, -0.15) is 0 Å². The SMILES string of the molecule is C=C(C)c1cccc(N(CC)CC)c1. The summed E-state index contributed by atoms with van der Waals surface area (Å²) < 4.78 is 0. The summed E-state index contributed by atoms with van der Waals surface area (Å²) >= 11 is 0. The standard InChI is InChI=1S/C13H19N/c1-5-14(6-2)13-9-7-8-12(10-13)11(3)4/h7-10H,3,5-6H2,1-2,4H3. The molecule has 0 aliphatic carbocycles. The molecular formula is C13H19N. The molecule has 0 spiro atoms. The first-order chi connectivity index (χ1) is 6.69. The van der Waals surface area contributed by atoms with Gasteiger partial charge in [-0.15, -0.1) is 0 Å². The Kier molecular flexibility index (Phi) is 3.75. The van der Waals surface area contributed by atoms with E-state index in [0.29, 0.717) is 0 Å². The van der Waals surface area contributed by atoms with Gasteiger partial charge in [-0.1, -0.05) is 24.3 Å². The summed E-state index contributed by atoms with van der Waals surface area (Å²) in [5, 5.41) is 0. The third-order valence-electron chi connectivity index (χ3n) is 2.47. The summed E-state index contributed by atoms with van der Waals surface area (Å²) in [6.45, 7) is 12.5. The van der Waals surface area contributed by atoms with Crippen LogP contribution in [0.25, 0.3) is 5.57 Å². The number of anilines is 1. The van der Waals surface area contributed by atoms with Gasteiger partial charge in [0.05, 0.1) is 0 Å². The fraction of sp³-hybridized carbons (Fsp3) is 0.385. The monoisotopic (exact) mass is 189 g/mol. The summed E-state index contributed by atoms with van der Waals surface area (Å²) in [5.74, 6) is 0. The lowest BCUT2D eigenvalue weighted by Crippen LogP contribution is -2.21. The summed E-state index contributed by atoms with van der Waals surface area (Å²) in [6, 6.07) is 8.56. The zero-order valence-electron chi connectivity index (χ0n) is 9.38. The predicted octanol–water partition coefficient (Wildman–Crippen LogP) is 3.57. The van der Waals surface area contributed by atoms with Crippen LogP contribution in [-0.2, 0) is 0 Å². The van der Waals surface area contributed by atoms with Crippen LogP contribution in [0.3, 0.4) is 0 Å². The van der Waals surface area contributed by atoms with E-state index in [2.05, 4.69) is 49.6 Å². The Morgan fingerprint density at radius 1 is 1.29 bits per heavy atom. The Balaban J connectivity index is 2.98.